The van der Waals surface area contributed by atoms with Crippen molar-refractivity contribution in [2.24, 2.45) is 7.05 Å². The van der Waals surface area contributed by atoms with Crippen LogP contribution in [0.15, 0.2) is 54.9 Å². The van der Waals surface area contributed by atoms with Gasteiger partial charge in [-0.1, -0.05) is 12.1 Å². The number of nitriles is 1. The number of aryl methyl sites for hydroxylation is 1. The van der Waals surface area contributed by atoms with E-state index in [-0.39, 0.29) is 12.0 Å². The molecule has 42 heavy (non-hydrogen) atoms. The van der Waals surface area contributed by atoms with Crippen LogP contribution in [0.3, 0.4) is 0 Å². The average Bonchev–Trinajstić information content (AvgIpc) is 3.55. The third kappa shape index (κ3) is 5.02. The van der Waals surface area contributed by atoms with Gasteiger partial charge in [-0.05, 0) is 79.8 Å². The Morgan fingerprint density at radius 1 is 1.10 bits per heavy atom. The highest BCUT2D eigenvalue weighted by atomic mass is 16.7. The van der Waals surface area contributed by atoms with Crippen molar-refractivity contribution in [1.82, 2.24) is 19.7 Å². The fraction of sp³-hybridized carbons (Fsp3) is 0.344. The van der Waals surface area contributed by atoms with Gasteiger partial charge in [-0.25, -0.2) is 9.97 Å². The van der Waals surface area contributed by atoms with Gasteiger partial charge in [-0.3, -0.25) is 14.4 Å². The summed E-state index contributed by atoms with van der Waals surface area (Å²) < 4.78 is 19.1. The number of hydrogen-bond donors (Lipinski definition) is 0. The van der Waals surface area contributed by atoms with Crippen LogP contribution in [0.5, 0.6) is 5.75 Å². The second kappa shape index (κ2) is 10.0. The van der Waals surface area contributed by atoms with Crippen LogP contribution in [0.25, 0.3) is 22.5 Å². The van der Waals surface area contributed by atoms with Crippen LogP contribution in [0, 0.1) is 11.3 Å². The maximum absolute atomic E-state index is 13.7. The van der Waals surface area contributed by atoms with Gasteiger partial charge in [0, 0.05) is 29.8 Å². The Bertz CT molecular complexity index is 1750. The van der Waals surface area contributed by atoms with Crippen molar-refractivity contribution in [1.29, 1.82) is 5.26 Å². The topological polar surface area (TPSA) is 115 Å². The molecule has 7 rings (SSSR count). The minimum atomic E-state index is -0.615. The van der Waals surface area contributed by atoms with Gasteiger partial charge < -0.3 is 14.2 Å². The van der Waals surface area contributed by atoms with Gasteiger partial charge in [-0.15, -0.1) is 0 Å². The van der Waals surface area contributed by atoms with E-state index in [0.717, 1.165) is 40.8 Å². The minimum absolute atomic E-state index is 0.116. The number of amides is 1. The summed E-state index contributed by atoms with van der Waals surface area (Å²) in [4.78, 5) is 24.9. The molecule has 1 amide bonds. The van der Waals surface area contributed by atoms with Crippen molar-refractivity contribution in [3.63, 3.8) is 0 Å². The monoisotopic (exact) mass is 562 g/mol. The Hall–Kier alpha value is -4.59. The van der Waals surface area contributed by atoms with E-state index >= 15 is 0 Å². The molecule has 1 saturated carbocycles. The lowest BCUT2D eigenvalue weighted by Crippen LogP contribution is -2.25. The number of anilines is 1. The summed E-state index contributed by atoms with van der Waals surface area (Å²) in [6, 6.07) is 17.4. The highest BCUT2D eigenvalue weighted by molar-refractivity contribution is 6.10. The number of benzene rings is 2. The Morgan fingerprint density at radius 3 is 2.67 bits per heavy atom. The number of hydrogen-bond acceptors (Lipinski definition) is 8. The van der Waals surface area contributed by atoms with Crippen molar-refractivity contribution in [3.8, 4) is 34.3 Å². The first-order chi connectivity index (χ1) is 20.3. The van der Waals surface area contributed by atoms with Gasteiger partial charge in [0.05, 0.1) is 24.8 Å². The van der Waals surface area contributed by atoms with E-state index in [4.69, 9.17) is 19.2 Å². The number of fused-ring (bicyclic) bond motifs is 1. The quantitative estimate of drug-likeness (QED) is 0.310. The lowest BCUT2D eigenvalue weighted by molar-refractivity contribution is -0.141. The van der Waals surface area contributed by atoms with Crippen LogP contribution < -0.4 is 9.64 Å². The SMILES string of the molecule is Cn1cnc(-c2cc(C#N)ccc2-c2cc(C3CC3)nc(N3Cc4ccc(OC[C@@H]5COC(C)(C)O5)cc4C3=O)c2)n1. The molecule has 0 N–H and O–H groups in total. The number of ether oxygens (including phenoxy) is 3. The van der Waals surface area contributed by atoms with Gasteiger partial charge in [0.2, 0.25) is 0 Å². The molecular weight excluding hydrogens is 532 g/mol. The smallest absolute Gasteiger partial charge is 0.260 e. The first kappa shape index (κ1) is 26.3. The first-order valence-electron chi connectivity index (χ1n) is 14.1. The lowest BCUT2D eigenvalue weighted by Gasteiger charge is -2.18. The number of rotatable bonds is 7. The molecule has 2 aromatic heterocycles. The highest BCUT2D eigenvalue weighted by Crippen LogP contribution is 2.43. The molecule has 1 saturated heterocycles. The first-order valence-corrected chi connectivity index (χ1v) is 14.1. The van der Waals surface area contributed by atoms with Crippen molar-refractivity contribution < 1.29 is 19.0 Å². The summed E-state index contributed by atoms with van der Waals surface area (Å²) in [5.74, 6) is 1.38. The van der Waals surface area contributed by atoms with E-state index in [1.54, 1.807) is 28.0 Å². The molecule has 4 aromatic rings. The van der Waals surface area contributed by atoms with Gasteiger partial charge >= 0.3 is 0 Å². The van der Waals surface area contributed by atoms with Crippen molar-refractivity contribution in [2.75, 3.05) is 18.1 Å². The summed E-state index contributed by atoms with van der Waals surface area (Å²) in [7, 11) is 1.81. The number of carbonyl (C=O) groups is 1. The largest absolute Gasteiger partial charge is 0.491 e. The van der Waals surface area contributed by atoms with Crippen LogP contribution in [-0.2, 0) is 23.1 Å². The number of carbonyl (C=O) groups excluding carboxylic acids is 1. The molecular formula is C32H30N6O4. The summed E-state index contributed by atoms with van der Waals surface area (Å²) in [6.07, 6.45) is 3.61. The van der Waals surface area contributed by atoms with Crippen LogP contribution in [-0.4, -0.2) is 50.8 Å². The van der Waals surface area contributed by atoms with E-state index in [1.165, 1.54) is 0 Å². The summed E-state index contributed by atoms with van der Waals surface area (Å²) in [5, 5.41) is 14.1. The number of aromatic nitrogens is 4. The van der Waals surface area contributed by atoms with E-state index in [0.29, 0.717) is 54.2 Å². The maximum Gasteiger partial charge on any atom is 0.260 e. The standard InChI is InChI=1S/C32H30N6O4/c1-32(2)41-17-24(42-32)16-40-23-8-7-21-15-38(31(39)26(21)13-23)29-12-22(11-28(35-29)20-5-6-20)25-9-4-19(14-33)10-27(25)30-34-18-37(3)36-30/h4,7-13,18,20,24H,5-6,15-17H2,1-3H3/t24-/m1/s1. The molecule has 2 aliphatic heterocycles. The molecule has 2 aromatic carbocycles. The zero-order chi connectivity index (χ0) is 29.0. The minimum Gasteiger partial charge on any atom is -0.491 e. The third-order valence-electron chi connectivity index (χ3n) is 7.79. The van der Waals surface area contributed by atoms with Crippen LogP contribution in [0.4, 0.5) is 5.82 Å². The number of pyridine rings is 1. The Labute approximate surface area is 243 Å². The molecule has 2 fully saturated rings. The fourth-order valence-corrected chi connectivity index (χ4v) is 5.52. The van der Waals surface area contributed by atoms with Crippen molar-refractivity contribution in [3.05, 3.63) is 77.2 Å². The van der Waals surface area contributed by atoms with Gasteiger partial charge in [0.1, 0.15) is 30.6 Å². The fourth-order valence-electron chi connectivity index (χ4n) is 5.52. The summed E-state index contributed by atoms with van der Waals surface area (Å²) in [6.45, 7) is 4.99. The molecule has 0 spiro atoms. The molecule has 0 unspecified atom stereocenters. The second-order valence-electron chi connectivity index (χ2n) is 11.5. The molecule has 10 nitrogen and oxygen atoms in total. The Balaban J connectivity index is 1.20. The lowest BCUT2D eigenvalue weighted by atomic mass is 9.96. The van der Waals surface area contributed by atoms with E-state index in [1.807, 2.05) is 51.2 Å². The molecule has 1 aliphatic carbocycles. The Kier molecular flexibility index (Phi) is 6.30. The molecule has 1 atom stereocenters. The van der Waals surface area contributed by atoms with Crippen LogP contribution in [0.2, 0.25) is 0 Å². The van der Waals surface area contributed by atoms with Gasteiger partial charge in [0.15, 0.2) is 11.6 Å². The normalized spacial score (nSPS) is 19.1. The van der Waals surface area contributed by atoms with Crippen LogP contribution in [0.1, 0.15) is 59.8 Å². The second-order valence-corrected chi connectivity index (χ2v) is 11.5. The van der Waals surface area contributed by atoms with Gasteiger partial charge in [-0.2, -0.15) is 10.4 Å². The zero-order valence-electron chi connectivity index (χ0n) is 23.7. The van der Waals surface area contributed by atoms with Crippen molar-refractivity contribution >= 4 is 11.7 Å². The summed E-state index contributed by atoms with van der Waals surface area (Å²) >= 11 is 0. The van der Waals surface area contributed by atoms with E-state index in [2.05, 4.69) is 22.2 Å². The summed E-state index contributed by atoms with van der Waals surface area (Å²) in [5.41, 5.74) is 5.55. The predicted molar refractivity (Wildman–Crippen MR) is 154 cm³/mol. The highest BCUT2D eigenvalue weighted by Gasteiger charge is 2.34. The van der Waals surface area contributed by atoms with Crippen LogP contribution >= 0.6 is 0 Å². The van der Waals surface area contributed by atoms with E-state index < -0.39 is 5.79 Å². The zero-order valence-corrected chi connectivity index (χ0v) is 23.7. The Morgan fingerprint density at radius 2 is 1.95 bits per heavy atom. The maximum atomic E-state index is 13.7. The molecule has 212 valence electrons. The predicted octanol–water partition coefficient (Wildman–Crippen LogP) is 4.98. The molecule has 3 aliphatic rings. The number of nitrogens with zero attached hydrogens (tertiary/aromatic N) is 6. The van der Waals surface area contributed by atoms with Gasteiger partial charge in [0.25, 0.3) is 5.91 Å². The third-order valence-corrected chi connectivity index (χ3v) is 7.79. The van der Waals surface area contributed by atoms with Crippen molar-refractivity contribution in [2.45, 2.75) is 51.0 Å². The molecule has 10 heteroatoms. The average molecular weight is 563 g/mol. The molecule has 0 radical (unpaired) electrons. The molecule has 4 heterocycles. The van der Waals surface area contributed by atoms with E-state index in [9.17, 15) is 10.1 Å². The molecule has 0 bridgehead atoms.